The topological polar surface area (TPSA) is 50.2 Å². The Hall–Kier alpha value is -1.13. The maximum atomic E-state index is 10.8. The van der Waals surface area contributed by atoms with Gasteiger partial charge in [0.25, 0.3) is 0 Å². The molecule has 14 heavy (non-hydrogen) atoms. The molecule has 0 saturated heterocycles. The number of aryl methyl sites for hydroxylation is 1. The standard InChI is InChI=1S/C9H6ClNO2S/c1-4-2-6-8(14-4)7(10)5(3-11-6)9(12)13/h2-3H,1H3,(H,12,13). The lowest BCUT2D eigenvalue weighted by molar-refractivity contribution is 0.0697. The van der Waals surface area contributed by atoms with E-state index in [0.29, 0.717) is 0 Å². The monoisotopic (exact) mass is 227 g/mol. The van der Waals surface area contributed by atoms with E-state index in [0.717, 1.165) is 15.1 Å². The lowest BCUT2D eigenvalue weighted by Crippen LogP contribution is -1.97. The van der Waals surface area contributed by atoms with Gasteiger partial charge in [-0.3, -0.25) is 4.98 Å². The summed E-state index contributed by atoms with van der Waals surface area (Å²) < 4.78 is 0.740. The van der Waals surface area contributed by atoms with Gasteiger partial charge in [0.2, 0.25) is 0 Å². The van der Waals surface area contributed by atoms with Gasteiger partial charge in [0.05, 0.1) is 20.8 Å². The molecule has 0 radical (unpaired) electrons. The van der Waals surface area contributed by atoms with Crippen LogP contribution in [-0.2, 0) is 0 Å². The van der Waals surface area contributed by atoms with Crippen molar-refractivity contribution in [3.8, 4) is 0 Å². The van der Waals surface area contributed by atoms with Crippen LogP contribution in [0.2, 0.25) is 5.02 Å². The van der Waals surface area contributed by atoms with Gasteiger partial charge in [0.15, 0.2) is 0 Å². The maximum Gasteiger partial charge on any atom is 0.338 e. The number of fused-ring (bicyclic) bond motifs is 1. The minimum absolute atomic E-state index is 0.0565. The molecule has 0 aliphatic heterocycles. The molecule has 0 bridgehead atoms. The summed E-state index contributed by atoms with van der Waals surface area (Å²) in [7, 11) is 0. The molecule has 2 heterocycles. The molecular weight excluding hydrogens is 222 g/mol. The second-order valence-corrected chi connectivity index (χ2v) is 4.50. The molecule has 0 aliphatic rings. The van der Waals surface area contributed by atoms with E-state index in [9.17, 15) is 4.79 Å². The largest absolute Gasteiger partial charge is 0.478 e. The van der Waals surface area contributed by atoms with Gasteiger partial charge in [-0.05, 0) is 13.0 Å². The number of hydrogen-bond acceptors (Lipinski definition) is 3. The van der Waals surface area contributed by atoms with E-state index in [-0.39, 0.29) is 10.6 Å². The van der Waals surface area contributed by atoms with Crippen molar-refractivity contribution in [2.24, 2.45) is 0 Å². The number of aromatic carboxylic acids is 1. The summed E-state index contributed by atoms with van der Waals surface area (Å²) in [6.45, 7) is 1.93. The molecule has 72 valence electrons. The average molecular weight is 228 g/mol. The van der Waals surface area contributed by atoms with E-state index < -0.39 is 5.97 Å². The number of carboxylic acids is 1. The van der Waals surface area contributed by atoms with E-state index in [4.69, 9.17) is 16.7 Å². The highest BCUT2D eigenvalue weighted by atomic mass is 35.5. The fourth-order valence-electron chi connectivity index (χ4n) is 1.22. The van der Waals surface area contributed by atoms with Crippen LogP contribution in [0.4, 0.5) is 0 Å². The van der Waals surface area contributed by atoms with Crippen molar-refractivity contribution in [2.45, 2.75) is 6.92 Å². The Morgan fingerprint density at radius 3 is 3.00 bits per heavy atom. The Kier molecular flexibility index (Phi) is 2.17. The van der Waals surface area contributed by atoms with E-state index in [1.807, 2.05) is 13.0 Å². The van der Waals surface area contributed by atoms with Crippen molar-refractivity contribution in [3.05, 3.63) is 27.7 Å². The Labute approximate surface area is 89.0 Å². The zero-order valence-electron chi connectivity index (χ0n) is 7.24. The van der Waals surface area contributed by atoms with Crippen LogP contribution < -0.4 is 0 Å². The first-order chi connectivity index (χ1) is 6.59. The van der Waals surface area contributed by atoms with Crippen LogP contribution in [0.15, 0.2) is 12.3 Å². The lowest BCUT2D eigenvalue weighted by Gasteiger charge is -1.97. The average Bonchev–Trinajstić information content (AvgIpc) is 2.46. The van der Waals surface area contributed by atoms with E-state index >= 15 is 0 Å². The summed E-state index contributed by atoms with van der Waals surface area (Å²) >= 11 is 7.39. The summed E-state index contributed by atoms with van der Waals surface area (Å²) in [5, 5.41) is 9.09. The summed E-state index contributed by atoms with van der Waals surface area (Å²) in [5.74, 6) is -1.05. The molecule has 2 aromatic heterocycles. The third kappa shape index (κ3) is 1.36. The summed E-state index contributed by atoms with van der Waals surface area (Å²) in [6.07, 6.45) is 1.29. The fourth-order valence-corrected chi connectivity index (χ4v) is 2.47. The van der Waals surface area contributed by atoms with E-state index in [1.165, 1.54) is 17.5 Å². The quantitative estimate of drug-likeness (QED) is 0.815. The van der Waals surface area contributed by atoms with Crippen molar-refractivity contribution < 1.29 is 9.90 Å². The van der Waals surface area contributed by atoms with Crippen LogP contribution in [0.3, 0.4) is 0 Å². The highest BCUT2D eigenvalue weighted by Crippen LogP contribution is 2.32. The van der Waals surface area contributed by atoms with Crippen LogP contribution in [0.1, 0.15) is 15.2 Å². The highest BCUT2D eigenvalue weighted by Gasteiger charge is 2.14. The van der Waals surface area contributed by atoms with Crippen LogP contribution in [-0.4, -0.2) is 16.1 Å². The molecule has 2 aromatic rings. The van der Waals surface area contributed by atoms with E-state index in [2.05, 4.69) is 4.98 Å². The van der Waals surface area contributed by atoms with Gasteiger partial charge in [-0.1, -0.05) is 11.6 Å². The van der Waals surface area contributed by atoms with E-state index in [1.54, 1.807) is 0 Å². The van der Waals surface area contributed by atoms with Crippen LogP contribution in [0.25, 0.3) is 10.2 Å². The molecule has 5 heteroatoms. The summed E-state index contributed by atoms with van der Waals surface area (Å²) in [6, 6.07) is 1.89. The molecule has 0 spiro atoms. The molecule has 3 nitrogen and oxygen atoms in total. The summed E-state index contributed by atoms with van der Waals surface area (Å²) in [4.78, 5) is 15.8. The molecule has 0 aliphatic carbocycles. The number of rotatable bonds is 1. The molecule has 2 rings (SSSR count). The molecular formula is C9H6ClNO2S. The van der Waals surface area contributed by atoms with Gasteiger partial charge < -0.3 is 5.11 Å². The minimum Gasteiger partial charge on any atom is -0.478 e. The molecule has 1 N–H and O–H groups in total. The fraction of sp³-hybridized carbons (Fsp3) is 0.111. The number of pyridine rings is 1. The van der Waals surface area contributed by atoms with Crippen LogP contribution in [0, 0.1) is 6.92 Å². The zero-order valence-corrected chi connectivity index (χ0v) is 8.82. The molecule has 0 fully saturated rings. The van der Waals surface area contributed by atoms with Crippen molar-refractivity contribution in [2.75, 3.05) is 0 Å². The molecule has 0 aromatic carbocycles. The van der Waals surface area contributed by atoms with Gasteiger partial charge in [-0.2, -0.15) is 0 Å². The molecule has 0 atom stereocenters. The normalized spacial score (nSPS) is 10.7. The predicted octanol–water partition coefficient (Wildman–Crippen LogP) is 2.96. The number of hydrogen-bond donors (Lipinski definition) is 1. The number of carboxylic acid groups (broad SMARTS) is 1. The van der Waals surface area contributed by atoms with Crippen molar-refractivity contribution in [1.29, 1.82) is 0 Å². The molecule has 0 unspecified atom stereocenters. The Bertz CT molecular complexity index is 521. The Balaban J connectivity index is 2.80. The summed E-state index contributed by atoms with van der Waals surface area (Å²) in [5.41, 5.74) is 0.809. The lowest BCUT2D eigenvalue weighted by atomic mass is 10.2. The first-order valence-corrected chi connectivity index (χ1v) is 5.07. The third-order valence-electron chi connectivity index (χ3n) is 1.83. The second kappa shape index (κ2) is 3.22. The van der Waals surface area contributed by atoms with Gasteiger partial charge in [0.1, 0.15) is 0 Å². The van der Waals surface area contributed by atoms with Crippen molar-refractivity contribution in [3.63, 3.8) is 0 Å². The molecule has 0 amide bonds. The van der Waals surface area contributed by atoms with Crippen molar-refractivity contribution >= 4 is 39.1 Å². The first kappa shape index (κ1) is 9.43. The third-order valence-corrected chi connectivity index (χ3v) is 3.40. The highest BCUT2D eigenvalue weighted by molar-refractivity contribution is 7.19. The SMILES string of the molecule is Cc1cc2ncc(C(=O)O)c(Cl)c2s1. The number of halogens is 1. The van der Waals surface area contributed by atoms with Gasteiger partial charge >= 0.3 is 5.97 Å². The number of carbonyl (C=O) groups is 1. The predicted molar refractivity (Wildman–Crippen MR) is 56.3 cm³/mol. The van der Waals surface area contributed by atoms with Gasteiger partial charge in [-0.15, -0.1) is 11.3 Å². The molecule has 0 saturated carbocycles. The Morgan fingerprint density at radius 2 is 2.36 bits per heavy atom. The smallest absolute Gasteiger partial charge is 0.338 e. The minimum atomic E-state index is -1.05. The van der Waals surface area contributed by atoms with Gasteiger partial charge in [-0.25, -0.2) is 4.79 Å². The van der Waals surface area contributed by atoms with Gasteiger partial charge in [0, 0.05) is 11.1 Å². The number of nitrogens with zero attached hydrogens (tertiary/aromatic N) is 1. The Morgan fingerprint density at radius 1 is 1.64 bits per heavy atom. The van der Waals surface area contributed by atoms with Crippen LogP contribution >= 0.6 is 22.9 Å². The number of thiophene rings is 1. The van der Waals surface area contributed by atoms with Crippen LogP contribution in [0.5, 0.6) is 0 Å². The first-order valence-electron chi connectivity index (χ1n) is 3.87. The maximum absolute atomic E-state index is 10.8. The van der Waals surface area contributed by atoms with Crippen molar-refractivity contribution in [1.82, 2.24) is 4.98 Å². The zero-order chi connectivity index (χ0) is 10.3. The second-order valence-electron chi connectivity index (χ2n) is 2.86. The number of aromatic nitrogens is 1.